The molecule has 0 atom stereocenters. The summed E-state index contributed by atoms with van der Waals surface area (Å²) in [6.07, 6.45) is -0.875. The van der Waals surface area contributed by atoms with Crippen LogP contribution in [-0.4, -0.2) is 31.8 Å². The van der Waals surface area contributed by atoms with E-state index in [1.165, 1.54) is 0 Å². The van der Waals surface area contributed by atoms with E-state index < -0.39 is 6.09 Å². The number of hydrogen-bond donors (Lipinski definition) is 3. The van der Waals surface area contributed by atoms with Crippen LogP contribution in [0.3, 0.4) is 0 Å². The van der Waals surface area contributed by atoms with Crippen molar-refractivity contribution in [2.24, 2.45) is 5.73 Å². The Morgan fingerprint density at radius 1 is 1.33 bits per heavy atom. The molecule has 0 bridgehead atoms. The van der Waals surface area contributed by atoms with E-state index in [9.17, 15) is 9.59 Å². The van der Waals surface area contributed by atoms with Crippen LogP contribution in [0.15, 0.2) is 24.3 Å². The Labute approximate surface area is 104 Å². The third-order valence-corrected chi connectivity index (χ3v) is 1.90. The molecule has 0 fully saturated rings. The summed E-state index contributed by atoms with van der Waals surface area (Å²) in [4.78, 5) is 21.5. The second-order valence-electron chi connectivity index (χ2n) is 3.38. The molecule has 0 saturated heterocycles. The first kappa shape index (κ1) is 13.6. The monoisotopic (exact) mass is 253 g/mol. The Morgan fingerprint density at radius 2 is 2.11 bits per heavy atom. The molecule has 0 aliphatic carbocycles. The van der Waals surface area contributed by atoms with Gasteiger partial charge >= 0.3 is 6.09 Å². The van der Waals surface area contributed by atoms with Crippen LogP contribution in [0.4, 0.5) is 10.5 Å². The summed E-state index contributed by atoms with van der Waals surface area (Å²) in [5.41, 5.74) is 10.9. The zero-order chi connectivity index (χ0) is 13.4. The highest BCUT2D eigenvalue weighted by atomic mass is 16.5. The fourth-order valence-electron chi connectivity index (χ4n) is 1.15. The van der Waals surface area contributed by atoms with Gasteiger partial charge in [-0.2, -0.15) is 0 Å². The highest BCUT2D eigenvalue weighted by Gasteiger charge is 2.02. The Hall–Kier alpha value is -2.44. The third-order valence-electron chi connectivity index (χ3n) is 1.90. The minimum atomic E-state index is -0.875. The number of rotatable bonds is 6. The molecule has 0 aliphatic heterocycles. The average Bonchev–Trinajstić information content (AvgIpc) is 2.32. The summed E-state index contributed by atoms with van der Waals surface area (Å²) in [7, 11) is 0. The third kappa shape index (κ3) is 5.59. The van der Waals surface area contributed by atoms with Crippen molar-refractivity contribution < 1.29 is 19.1 Å². The molecule has 0 aromatic heterocycles. The lowest BCUT2D eigenvalue weighted by Crippen LogP contribution is -2.32. The number of hydrogen-bond acceptors (Lipinski definition) is 5. The molecule has 0 spiro atoms. The smallest absolute Gasteiger partial charge is 0.404 e. The van der Waals surface area contributed by atoms with Crippen LogP contribution in [0.2, 0.25) is 0 Å². The van der Waals surface area contributed by atoms with Crippen molar-refractivity contribution in [1.29, 1.82) is 0 Å². The summed E-state index contributed by atoms with van der Waals surface area (Å²) >= 11 is 0. The number of anilines is 1. The minimum Gasteiger partial charge on any atom is -0.484 e. The van der Waals surface area contributed by atoms with Gasteiger partial charge in [0.05, 0.1) is 6.54 Å². The largest absolute Gasteiger partial charge is 0.484 e. The van der Waals surface area contributed by atoms with Gasteiger partial charge in [-0.25, -0.2) is 4.79 Å². The Bertz CT molecular complexity index is 423. The second-order valence-corrected chi connectivity index (χ2v) is 3.38. The van der Waals surface area contributed by atoms with Crippen LogP contribution in [0.5, 0.6) is 5.75 Å². The van der Waals surface area contributed by atoms with Crippen molar-refractivity contribution in [2.45, 2.75) is 0 Å². The van der Waals surface area contributed by atoms with Crippen LogP contribution < -0.4 is 21.5 Å². The molecule has 0 heterocycles. The first-order valence-corrected chi connectivity index (χ1v) is 5.25. The van der Waals surface area contributed by atoms with Gasteiger partial charge in [-0.1, -0.05) is 6.07 Å². The standard InChI is InChI=1S/C11H15N3O4/c12-8-2-1-3-9(6-8)18-7-10(15)14-4-5-17-11(13)16/h1-3,6H,4-5,7,12H2,(H2,13,16)(H,14,15). The van der Waals surface area contributed by atoms with E-state index in [0.717, 1.165) is 0 Å². The fourth-order valence-corrected chi connectivity index (χ4v) is 1.15. The fraction of sp³-hybridized carbons (Fsp3) is 0.273. The maximum absolute atomic E-state index is 11.3. The van der Waals surface area contributed by atoms with Gasteiger partial charge in [0.15, 0.2) is 6.61 Å². The van der Waals surface area contributed by atoms with Crippen molar-refractivity contribution >= 4 is 17.7 Å². The van der Waals surface area contributed by atoms with Crippen molar-refractivity contribution in [2.75, 3.05) is 25.5 Å². The van der Waals surface area contributed by atoms with Gasteiger partial charge in [-0.05, 0) is 12.1 Å². The molecule has 0 saturated carbocycles. The average molecular weight is 253 g/mol. The molecule has 7 nitrogen and oxygen atoms in total. The maximum atomic E-state index is 11.3. The van der Waals surface area contributed by atoms with Crippen LogP contribution in [0.25, 0.3) is 0 Å². The Kier molecular flexibility index (Phi) is 5.30. The van der Waals surface area contributed by atoms with E-state index >= 15 is 0 Å². The lowest BCUT2D eigenvalue weighted by Gasteiger charge is -2.07. The SMILES string of the molecule is NC(=O)OCCNC(=O)COc1cccc(N)c1. The first-order chi connectivity index (χ1) is 8.58. The van der Waals surface area contributed by atoms with E-state index in [2.05, 4.69) is 10.1 Å². The minimum absolute atomic E-state index is 0.0271. The molecular formula is C11H15N3O4. The molecule has 0 radical (unpaired) electrons. The zero-order valence-corrected chi connectivity index (χ0v) is 9.72. The number of nitrogens with one attached hydrogen (secondary N) is 1. The van der Waals surface area contributed by atoms with Gasteiger partial charge in [0, 0.05) is 11.8 Å². The Balaban J connectivity index is 2.19. The molecule has 7 heteroatoms. The van der Waals surface area contributed by atoms with Crippen LogP contribution in [-0.2, 0) is 9.53 Å². The number of carbonyl (C=O) groups excluding carboxylic acids is 2. The number of primary amides is 1. The topological polar surface area (TPSA) is 117 Å². The molecule has 98 valence electrons. The van der Waals surface area contributed by atoms with Crippen molar-refractivity contribution in [3.63, 3.8) is 0 Å². The molecule has 18 heavy (non-hydrogen) atoms. The molecule has 2 amide bonds. The van der Waals surface area contributed by atoms with Gasteiger partial charge in [0.25, 0.3) is 5.91 Å². The van der Waals surface area contributed by atoms with E-state index in [0.29, 0.717) is 11.4 Å². The highest BCUT2D eigenvalue weighted by molar-refractivity contribution is 5.77. The summed E-state index contributed by atoms with van der Waals surface area (Å²) in [5.74, 6) is 0.184. The molecule has 1 aromatic carbocycles. The number of carbonyl (C=O) groups is 2. The summed E-state index contributed by atoms with van der Waals surface area (Å²) in [6.45, 7) is 0.0709. The van der Waals surface area contributed by atoms with Gasteiger partial charge in [0.1, 0.15) is 12.4 Å². The van der Waals surface area contributed by atoms with E-state index in [1.807, 2.05) is 0 Å². The molecular weight excluding hydrogens is 238 g/mol. The zero-order valence-electron chi connectivity index (χ0n) is 9.72. The molecule has 1 rings (SSSR count). The van der Waals surface area contributed by atoms with Crippen molar-refractivity contribution in [3.8, 4) is 5.75 Å². The predicted molar refractivity (Wildman–Crippen MR) is 64.9 cm³/mol. The van der Waals surface area contributed by atoms with Gasteiger partial charge < -0.3 is 26.3 Å². The number of benzene rings is 1. The summed E-state index contributed by atoms with van der Waals surface area (Å²) in [5, 5.41) is 2.49. The number of nitrogen functional groups attached to an aromatic ring is 1. The number of nitrogens with two attached hydrogens (primary N) is 2. The molecule has 0 unspecified atom stereocenters. The van der Waals surface area contributed by atoms with Gasteiger partial charge in [0.2, 0.25) is 0 Å². The lowest BCUT2D eigenvalue weighted by atomic mass is 10.3. The van der Waals surface area contributed by atoms with Crippen molar-refractivity contribution in [3.05, 3.63) is 24.3 Å². The van der Waals surface area contributed by atoms with E-state index in [1.54, 1.807) is 24.3 Å². The number of amides is 2. The Morgan fingerprint density at radius 3 is 2.78 bits per heavy atom. The van der Waals surface area contributed by atoms with Gasteiger partial charge in [-0.3, -0.25) is 4.79 Å². The lowest BCUT2D eigenvalue weighted by molar-refractivity contribution is -0.123. The highest BCUT2D eigenvalue weighted by Crippen LogP contribution is 2.13. The van der Waals surface area contributed by atoms with E-state index in [4.69, 9.17) is 16.2 Å². The van der Waals surface area contributed by atoms with Crippen LogP contribution in [0.1, 0.15) is 0 Å². The molecule has 1 aromatic rings. The maximum Gasteiger partial charge on any atom is 0.404 e. The van der Waals surface area contributed by atoms with Crippen molar-refractivity contribution in [1.82, 2.24) is 5.32 Å². The summed E-state index contributed by atoms with van der Waals surface area (Å²) < 4.78 is 9.64. The molecule has 5 N–H and O–H groups in total. The normalized spacial score (nSPS) is 9.56. The quantitative estimate of drug-likeness (QED) is 0.482. The van der Waals surface area contributed by atoms with Gasteiger partial charge in [-0.15, -0.1) is 0 Å². The first-order valence-electron chi connectivity index (χ1n) is 5.25. The van der Waals surface area contributed by atoms with Crippen LogP contribution in [0, 0.1) is 0 Å². The predicted octanol–water partition coefficient (Wildman–Crippen LogP) is -0.141. The van der Waals surface area contributed by atoms with Crippen LogP contribution >= 0.6 is 0 Å². The van der Waals surface area contributed by atoms with E-state index in [-0.39, 0.29) is 25.7 Å². The number of ether oxygens (including phenoxy) is 2. The summed E-state index contributed by atoms with van der Waals surface area (Å²) in [6, 6.07) is 6.75. The second kappa shape index (κ2) is 7.00. The molecule has 0 aliphatic rings.